The van der Waals surface area contributed by atoms with Gasteiger partial charge in [0.25, 0.3) is 0 Å². The number of nitrogens with one attached hydrogen (secondary N) is 2. The quantitative estimate of drug-likeness (QED) is 0.870. The molecule has 25 heavy (non-hydrogen) atoms. The Bertz CT molecular complexity index is 912. The van der Waals surface area contributed by atoms with Crippen molar-refractivity contribution in [3.63, 3.8) is 0 Å². The van der Waals surface area contributed by atoms with E-state index in [0.717, 1.165) is 16.0 Å². The van der Waals surface area contributed by atoms with Crippen LogP contribution in [0.2, 0.25) is 0 Å². The molecule has 1 fully saturated rings. The second-order valence-corrected chi connectivity index (χ2v) is 7.07. The molecular formula is C18H15N5OS. The summed E-state index contributed by atoms with van der Waals surface area (Å²) in [7, 11) is 1.58. The number of amides is 1. The summed E-state index contributed by atoms with van der Waals surface area (Å²) in [5.74, 6) is -0.0358. The number of guanidine groups is 1. The van der Waals surface area contributed by atoms with Crippen molar-refractivity contribution in [2.45, 2.75) is 18.9 Å². The maximum absolute atomic E-state index is 12.1. The summed E-state index contributed by atoms with van der Waals surface area (Å²) in [5, 5.41) is 31.2. The highest BCUT2D eigenvalue weighted by Crippen LogP contribution is 2.36. The molecular weight excluding hydrogens is 334 g/mol. The summed E-state index contributed by atoms with van der Waals surface area (Å²) in [5.41, 5.74) is 1.89. The SMILES string of the molecule is CN1C(=N)NC(C)(c2cc(-c3cc(C#N)cc(C#N)c3)cs2)CC1=O. The second-order valence-electron chi connectivity index (χ2n) is 6.16. The molecule has 2 aromatic rings. The molecule has 0 aliphatic carbocycles. The third-order valence-corrected chi connectivity index (χ3v) is 5.47. The molecule has 0 radical (unpaired) electrons. The summed E-state index contributed by atoms with van der Waals surface area (Å²) >= 11 is 1.49. The van der Waals surface area contributed by atoms with E-state index < -0.39 is 5.54 Å². The summed E-state index contributed by atoms with van der Waals surface area (Å²) in [4.78, 5) is 14.3. The van der Waals surface area contributed by atoms with Crippen LogP contribution in [0.25, 0.3) is 11.1 Å². The molecule has 2 N–H and O–H groups in total. The average Bonchev–Trinajstić information content (AvgIpc) is 3.10. The van der Waals surface area contributed by atoms with Crippen LogP contribution in [0.5, 0.6) is 0 Å². The van der Waals surface area contributed by atoms with Crippen molar-refractivity contribution in [3.05, 3.63) is 45.6 Å². The molecule has 3 rings (SSSR count). The minimum atomic E-state index is -0.644. The Morgan fingerprint density at radius 3 is 2.40 bits per heavy atom. The van der Waals surface area contributed by atoms with Crippen molar-refractivity contribution in [2.24, 2.45) is 0 Å². The lowest BCUT2D eigenvalue weighted by molar-refractivity contribution is -0.129. The fourth-order valence-corrected chi connectivity index (χ4v) is 3.82. The van der Waals surface area contributed by atoms with Gasteiger partial charge in [-0.05, 0) is 47.7 Å². The Hall–Kier alpha value is -3.16. The molecule has 0 bridgehead atoms. The molecule has 124 valence electrons. The number of rotatable bonds is 2. The number of hydrogen-bond acceptors (Lipinski definition) is 5. The normalized spacial score (nSPS) is 19.9. The first-order chi connectivity index (χ1) is 11.9. The molecule has 1 aliphatic heterocycles. The standard InChI is InChI=1S/C18H15N5OS/c1-18(7-16(24)23(2)17(21)22-18)15-6-14(10-25-15)13-4-11(8-19)3-12(5-13)9-20/h3-6,10H,7H2,1-2H3,(H2,21,22). The van der Waals surface area contributed by atoms with E-state index in [4.69, 9.17) is 15.9 Å². The van der Waals surface area contributed by atoms with Crippen LogP contribution in [0.1, 0.15) is 29.3 Å². The molecule has 0 spiro atoms. The van der Waals surface area contributed by atoms with Gasteiger partial charge in [-0.25, -0.2) is 0 Å². The first kappa shape index (κ1) is 16.7. The van der Waals surface area contributed by atoms with Gasteiger partial charge in [0.1, 0.15) is 0 Å². The van der Waals surface area contributed by atoms with Gasteiger partial charge in [0.2, 0.25) is 5.91 Å². The van der Waals surface area contributed by atoms with Crippen LogP contribution in [0.3, 0.4) is 0 Å². The van der Waals surface area contributed by atoms with Crippen molar-refractivity contribution in [2.75, 3.05) is 7.05 Å². The van der Waals surface area contributed by atoms with Gasteiger partial charge in [-0.1, -0.05) is 0 Å². The van der Waals surface area contributed by atoms with Gasteiger partial charge in [-0.15, -0.1) is 11.3 Å². The Labute approximate surface area is 149 Å². The lowest BCUT2D eigenvalue weighted by atomic mass is 9.92. The Morgan fingerprint density at radius 1 is 1.20 bits per heavy atom. The molecule has 2 heterocycles. The second kappa shape index (κ2) is 6.04. The third kappa shape index (κ3) is 2.98. The van der Waals surface area contributed by atoms with E-state index in [1.54, 1.807) is 25.2 Å². The predicted molar refractivity (Wildman–Crippen MR) is 94.8 cm³/mol. The fraction of sp³-hybridized carbons (Fsp3) is 0.222. The number of benzene rings is 1. The van der Waals surface area contributed by atoms with Crippen molar-refractivity contribution in [3.8, 4) is 23.3 Å². The van der Waals surface area contributed by atoms with Crippen molar-refractivity contribution >= 4 is 23.2 Å². The minimum Gasteiger partial charge on any atom is -0.345 e. The van der Waals surface area contributed by atoms with Crippen LogP contribution in [-0.4, -0.2) is 23.8 Å². The topological polar surface area (TPSA) is 104 Å². The molecule has 7 heteroatoms. The third-order valence-electron chi connectivity index (χ3n) is 4.28. The number of carbonyl (C=O) groups is 1. The van der Waals surface area contributed by atoms with Gasteiger partial charge < -0.3 is 5.32 Å². The van der Waals surface area contributed by atoms with Gasteiger partial charge >= 0.3 is 0 Å². The molecule has 1 aliphatic rings. The molecule has 6 nitrogen and oxygen atoms in total. The fourth-order valence-electron chi connectivity index (χ4n) is 2.78. The van der Waals surface area contributed by atoms with E-state index >= 15 is 0 Å². The molecule has 1 aromatic heterocycles. The van der Waals surface area contributed by atoms with Crippen LogP contribution in [0, 0.1) is 28.1 Å². The Kier molecular flexibility index (Phi) is 4.03. The van der Waals surface area contributed by atoms with Crippen LogP contribution in [-0.2, 0) is 10.3 Å². The van der Waals surface area contributed by atoms with Gasteiger partial charge in [0.05, 0.1) is 35.2 Å². The van der Waals surface area contributed by atoms with Gasteiger partial charge in [0.15, 0.2) is 5.96 Å². The first-order valence-electron chi connectivity index (χ1n) is 7.54. The van der Waals surface area contributed by atoms with Crippen LogP contribution in [0.4, 0.5) is 0 Å². The number of nitrogens with zero attached hydrogens (tertiary/aromatic N) is 3. The average molecular weight is 349 g/mol. The summed E-state index contributed by atoms with van der Waals surface area (Å²) in [6, 6.07) is 11.1. The van der Waals surface area contributed by atoms with Gasteiger partial charge in [-0.3, -0.25) is 15.1 Å². The number of thiophene rings is 1. The number of carbonyl (C=O) groups excluding carboxylic acids is 1. The van der Waals surface area contributed by atoms with E-state index in [1.165, 1.54) is 16.2 Å². The summed E-state index contributed by atoms with van der Waals surface area (Å²) in [6.45, 7) is 1.90. The largest absolute Gasteiger partial charge is 0.345 e. The predicted octanol–water partition coefficient (Wildman–Crippen LogP) is 2.76. The molecule has 1 amide bonds. The highest BCUT2D eigenvalue weighted by atomic mass is 32.1. The van der Waals surface area contributed by atoms with E-state index in [2.05, 4.69) is 17.5 Å². The van der Waals surface area contributed by atoms with E-state index in [0.29, 0.717) is 11.1 Å². The lowest BCUT2D eigenvalue weighted by Crippen LogP contribution is -2.57. The Morgan fingerprint density at radius 2 is 1.84 bits per heavy atom. The molecule has 1 aromatic carbocycles. The first-order valence-corrected chi connectivity index (χ1v) is 8.42. The van der Waals surface area contributed by atoms with Crippen LogP contribution in [0.15, 0.2) is 29.6 Å². The van der Waals surface area contributed by atoms with E-state index in [1.807, 2.05) is 18.4 Å². The van der Waals surface area contributed by atoms with Crippen LogP contribution < -0.4 is 5.32 Å². The van der Waals surface area contributed by atoms with Crippen LogP contribution >= 0.6 is 11.3 Å². The molecule has 1 atom stereocenters. The van der Waals surface area contributed by atoms with E-state index in [-0.39, 0.29) is 18.3 Å². The maximum Gasteiger partial charge on any atom is 0.231 e. The van der Waals surface area contributed by atoms with Crippen molar-refractivity contribution < 1.29 is 4.79 Å². The summed E-state index contributed by atoms with van der Waals surface area (Å²) < 4.78 is 0. The summed E-state index contributed by atoms with van der Waals surface area (Å²) in [6.07, 6.45) is 0.257. The number of nitriles is 2. The monoisotopic (exact) mass is 349 g/mol. The number of hydrogen-bond donors (Lipinski definition) is 2. The molecule has 0 saturated carbocycles. The highest BCUT2D eigenvalue weighted by molar-refractivity contribution is 7.10. The zero-order valence-electron chi connectivity index (χ0n) is 13.8. The van der Waals surface area contributed by atoms with Gasteiger partial charge in [0, 0.05) is 11.9 Å². The smallest absolute Gasteiger partial charge is 0.231 e. The lowest BCUT2D eigenvalue weighted by Gasteiger charge is -2.38. The molecule has 1 unspecified atom stereocenters. The maximum atomic E-state index is 12.1. The van der Waals surface area contributed by atoms with E-state index in [9.17, 15) is 4.79 Å². The zero-order valence-corrected chi connectivity index (χ0v) is 14.6. The van der Waals surface area contributed by atoms with Crippen molar-refractivity contribution in [1.82, 2.24) is 10.2 Å². The highest BCUT2D eigenvalue weighted by Gasteiger charge is 2.38. The zero-order chi connectivity index (χ0) is 18.2. The Balaban J connectivity index is 1.99. The van der Waals surface area contributed by atoms with Crippen molar-refractivity contribution in [1.29, 1.82) is 15.9 Å². The minimum absolute atomic E-state index is 0.0759. The van der Waals surface area contributed by atoms with Gasteiger partial charge in [-0.2, -0.15) is 10.5 Å². The molecule has 1 saturated heterocycles.